The van der Waals surface area contributed by atoms with Gasteiger partial charge in [-0.3, -0.25) is 9.69 Å². The van der Waals surface area contributed by atoms with E-state index >= 15 is 0 Å². The largest absolute Gasteiger partial charge is 0.394 e. The van der Waals surface area contributed by atoms with Crippen molar-refractivity contribution in [2.24, 2.45) is 0 Å². The number of carbonyl (C=O) groups is 1. The third-order valence-corrected chi connectivity index (χ3v) is 1.98. The van der Waals surface area contributed by atoms with E-state index in [1.807, 2.05) is 4.90 Å². The summed E-state index contributed by atoms with van der Waals surface area (Å²) in [6.45, 7) is 5.56. The average Bonchev–Trinajstić information content (AvgIpc) is 2.05. The molecule has 1 aliphatic rings. The average molecular weight is 170 g/mol. The highest BCUT2D eigenvalue weighted by Gasteiger charge is 2.27. The van der Waals surface area contributed by atoms with Gasteiger partial charge in [-0.05, 0) is 0 Å². The third-order valence-electron chi connectivity index (χ3n) is 1.98. The van der Waals surface area contributed by atoms with Crippen LogP contribution in [0.5, 0.6) is 0 Å². The molecule has 68 valence electrons. The molecule has 12 heavy (non-hydrogen) atoms. The van der Waals surface area contributed by atoms with Crippen molar-refractivity contribution in [2.45, 2.75) is 6.04 Å². The van der Waals surface area contributed by atoms with Gasteiger partial charge in [-0.25, -0.2) is 0 Å². The van der Waals surface area contributed by atoms with Crippen molar-refractivity contribution in [3.8, 4) is 0 Å². The van der Waals surface area contributed by atoms with Crippen molar-refractivity contribution < 1.29 is 9.90 Å². The summed E-state index contributed by atoms with van der Waals surface area (Å²) in [4.78, 5) is 13.1. The Balaban J connectivity index is 2.57. The quantitative estimate of drug-likeness (QED) is 0.532. The van der Waals surface area contributed by atoms with Crippen molar-refractivity contribution >= 4 is 5.91 Å². The normalized spacial score (nSPS) is 25.1. The van der Waals surface area contributed by atoms with Crippen molar-refractivity contribution in [1.82, 2.24) is 10.2 Å². The topological polar surface area (TPSA) is 52.6 Å². The van der Waals surface area contributed by atoms with Crippen molar-refractivity contribution in [3.63, 3.8) is 0 Å². The van der Waals surface area contributed by atoms with E-state index in [1.165, 1.54) is 0 Å². The van der Waals surface area contributed by atoms with Crippen LogP contribution in [0.25, 0.3) is 0 Å². The Hall–Kier alpha value is -0.870. The Bertz CT molecular complexity index is 182. The van der Waals surface area contributed by atoms with Crippen LogP contribution in [0.4, 0.5) is 0 Å². The molecule has 0 spiro atoms. The summed E-state index contributed by atoms with van der Waals surface area (Å²) < 4.78 is 0. The lowest BCUT2D eigenvalue weighted by atomic mass is 10.2. The summed E-state index contributed by atoms with van der Waals surface area (Å²) in [6, 6.07) is -0.392. The van der Waals surface area contributed by atoms with Gasteiger partial charge in [-0.2, -0.15) is 0 Å². The maximum Gasteiger partial charge on any atom is 0.239 e. The van der Waals surface area contributed by atoms with Gasteiger partial charge in [0.2, 0.25) is 5.91 Å². The minimum atomic E-state index is -0.392. The lowest BCUT2D eigenvalue weighted by Gasteiger charge is -2.32. The zero-order valence-corrected chi connectivity index (χ0v) is 6.99. The van der Waals surface area contributed by atoms with Crippen LogP contribution in [0.3, 0.4) is 0 Å². The van der Waals surface area contributed by atoms with E-state index < -0.39 is 6.04 Å². The highest BCUT2D eigenvalue weighted by molar-refractivity contribution is 5.82. The summed E-state index contributed by atoms with van der Waals surface area (Å²) >= 11 is 0. The SMILES string of the molecule is C=CCN1CCNC(=O)C1CO. The van der Waals surface area contributed by atoms with Gasteiger partial charge in [0, 0.05) is 19.6 Å². The van der Waals surface area contributed by atoms with Crippen LogP contribution in [-0.4, -0.2) is 48.2 Å². The van der Waals surface area contributed by atoms with Crippen LogP contribution >= 0.6 is 0 Å². The molecule has 1 aliphatic heterocycles. The Morgan fingerprint density at radius 3 is 3.17 bits per heavy atom. The molecule has 1 atom stereocenters. The number of carbonyl (C=O) groups excluding carboxylic acids is 1. The van der Waals surface area contributed by atoms with E-state index in [0.29, 0.717) is 13.1 Å². The van der Waals surface area contributed by atoms with Crippen LogP contribution < -0.4 is 5.32 Å². The summed E-state index contributed by atoms with van der Waals surface area (Å²) in [6.07, 6.45) is 1.74. The smallest absolute Gasteiger partial charge is 0.239 e. The zero-order valence-electron chi connectivity index (χ0n) is 6.99. The number of piperazine rings is 1. The molecule has 1 saturated heterocycles. The Morgan fingerprint density at radius 2 is 2.58 bits per heavy atom. The fraction of sp³-hybridized carbons (Fsp3) is 0.625. The molecule has 0 aromatic rings. The van der Waals surface area contributed by atoms with E-state index in [4.69, 9.17) is 5.11 Å². The van der Waals surface area contributed by atoms with Gasteiger partial charge in [0.15, 0.2) is 0 Å². The maximum atomic E-state index is 11.2. The number of nitrogens with one attached hydrogen (secondary N) is 1. The first-order valence-corrected chi connectivity index (χ1v) is 4.03. The van der Waals surface area contributed by atoms with E-state index in [1.54, 1.807) is 6.08 Å². The predicted octanol–water partition coefficient (Wildman–Crippen LogP) is -1.03. The molecule has 0 aliphatic carbocycles. The first kappa shape index (κ1) is 9.22. The van der Waals surface area contributed by atoms with Crippen LogP contribution in [0, 0.1) is 0 Å². The molecule has 1 unspecified atom stereocenters. The van der Waals surface area contributed by atoms with Gasteiger partial charge in [0.05, 0.1) is 6.61 Å². The van der Waals surface area contributed by atoms with Crippen LogP contribution in [0.15, 0.2) is 12.7 Å². The molecule has 1 amide bonds. The number of rotatable bonds is 3. The first-order chi connectivity index (χ1) is 5.79. The first-order valence-electron chi connectivity index (χ1n) is 4.03. The standard InChI is InChI=1S/C8H14N2O2/c1-2-4-10-5-3-9-8(12)7(10)6-11/h2,7,11H,1,3-6H2,(H,9,12). The lowest BCUT2D eigenvalue weighted by Crippen LogP contribution is -2.56. The van der Waals surface area contributed by atoms with E-state index in [0.717, 1.165) is 6.54 Å². The molecule has 0 bridgehead atoms. The molecule has 0 aromatic carbocycles. The van der Waals surface area contributed by atoms with Crippen LogP contribution in [0.2, 0.25) is 0 Å². The Kier molecular flexibility index (Phi) is 3.25. The van der Waals surface area contributed by atoms with Crippen LogP contribution in [0.1, 0.15) is 0 Å². The van der Waals surface area contributed by atoms with Gasteiger partial charge >= 0.3 is 0 Å². The number of amides is 1. The highest BCUT2D eigenvalue weighted by Crippen LogP contribution is 2.02. The lowest BCUT2D eigenvalue weighted by molar-refractivity contribution is -0.130. The molecule has 0 radical (unpaired) electrons. The molecule has 4 heteroatoms. The molecule has 1 rings (SSSR count). The minimum Gasteiger partial charge on any atom is -0.394 e. The summed E-state index contributed by atoms with van der Waals surface area (Å²) in [5.41, 5.74) is 0. The second kappa shape index (κ2) is 4.23. The second-order valence-corrected chi connectivity index (χ2v) is 2.77. The number of hydrogen-bond acceptors (Lipinski definition) is 3. The van der Waals surface area contributed by atoms with Gasteiger partial charge in [-0.15, -0.1) is 6.58 Å². The number of aliphatic hydroxyl groups excluding tert-OH is 1. The molecule has 0 saturated carbocycles. The molecule has 4 nitrogen and oxygen atoms in total. The summed E-state index contributed by atoms with van der Waals surface area (Å²) in [5.74, 6) is -0.0920. The number of hydrogen-bond donors (Lipinski definition) is 2. The molecule has 2 N–H and O–H groups in total. The molecule has 1 heterocycles. The molecule has 0 aromatic heterocycles. The van der Waals surface area contributed by atoms with Crippen LogP contribution in [-0.2, 0) is 4.79 Å². The van der Waals surface area contributed by atoms with Crippen molar-refractivity contribution in [3.05, 3.63) is 12.7 Å². The maximum absolute atomic E-state index is 11.2. The van der Waals surface area contributed by atoms with E-state index in [2.05, 4.69) is 11.9 Å². The predicted molar refractivity (Wildman–Crippen MR) is 45.7 cm³/mol. The summed E-state index contributed by atoms with van der Waals surface area (Å²) in [5, 5.41) is 11.6. The second-order valence-electron chi connectivity index (χ2n) is 2.77. The monoisotopic (exact) mass is 170 g/mol. The number of nitrogens with zero attached hydrogens (tertiary/aromatic N) is 1. The molecular weight excluding hydrogens is 156 g/mol. The van der Waals surface area contributed by atoms with Crippen molar-refractivity contribution in [2.75, 3.05) is 26.2 Å². The third kappa shape index (κ3) is 1.84. The highest BCUT2D eigenvalue weighted by atomic mass is 16.3. The van der Waals surface area contributed by atoms with E-state index in [9.17, 15) is 4.79 Å². The molecule has 1 fully saturated rings. The Labute approximate surface area is 71.9 Å². The van der Waals surface area contributed by atoms with Gasteiger partial charge in [0.25, 0.3) is 0 Å². The summed E-state index contributed by atoms with van der Waals surface area (Å²) in [7, 11) is 0. The Morgan fingerprint density at radius 1 is 1.83 bits per heavy atom. The van der Waals surface area contributed by atoms with Gasteiger partial charge < -0.3 is 10.4 Å². The molecular formula is C8H14N2O2. The minimum absolute atomic E-state index is 0.0920. The zero-order chi connectivity index (χ0) is 8.97. The fourth-order valence-corrected chi connectivity index (χ4v) is 1.34. The number of aliphatic hydroxyl groups is 1. The van der Waals surface area contributed by atoms with Gasteiger partial charge in [0.1, 0.15) is 6.04 Å². The van der Waals surface area contributed by atoms with Crippen molar-refractivity contribution in [1.29, 1.82) is 0 Å². The fourth-order valence-electron chi connectivity index (χ4n) is 1.34. The van der Waals surface area contributed by atoms with Gasteiger partial charge in [-0.1, -0.05) is 6.08 Å². The van der Waals surface area contributed by atoms with E-state index in [-0.39, 0.29) is 12.5 Å².